The van der Waals surface area contributed by atoms with Gasteiger partial charge < -0.3 is 19.2 Å². The lowest BCUT2D eigenvalue weighted by atomic mass is 10.1. The summed E-state index contributed by atoms with van der Waals surface area (Å²) in [5.74, 6) is 0.0439. The van der Waals surface area contributed by atoms with E-state index < -0.39 is 17.3 Å². The molecule has 0 bridgehead atoms. The number of carbonyl (C=O) groups excluding carboxylic acids is 1. The van der Waals surface area contributed by atoms with Crippen molar-refractivity contribution in [1.29, 1.82) is 0 Å². The minimum absolute atomic E-state index is 0. The molecule has 3 heterocycles. The van der Waals surface area contributed by atoms with Gasteiger partial charge in [-0.15, -0.1) is 22.5 Å². The summed E-state index contributed by atoms with van der Waals surface area (Å²) in [6, 6.07) is 9.30. The molecule has 3 fully saturated rings. The second-order valence-electron chi connectivity index (χ2n) is 6.72. The van der Waals surface area contributed by atoms with Crippen molar-refractivity contribution in [2.75, 3.05) is 39.4 Å². The van der Waals surface area contributed by atoms with Crippen molar-refractivity contribution in [3.05, 3.63) is 46.0 Å². The van der Waals surface area contributed by atoms with Gasteiger partial charge in [0.05, 0.1) is 19.3 Å². The number of hydrogen-bond donors (Lipinski definition) is 0. The first kappa shape index (κ1) is 19.8. The lowest BCUT2D eigenvalue weighted by Gasteiger charge is -2.38. The molecule has 0 saturated carbocycles. The van der Waals surface area contributed by atoms with E-state index in [-0.39, 0.29) is 37.1 Å². The Balaban J connectivity index is 0.00000210. The van der Waals surface area contributed by atoms with Gasteiger partial charge >= 0.3 is 0 Å². The van der Waals surface area contributed by atoms with E-state index >= 15 is 0 Å². The van der Waals surface area contributed by atoms with Gasteiger partial charge in [-0.1, -0.05) is 18.2 Å². The average Bonchev–Trinajstić information content (AvgIpc) is 3.25. The Hall–Kier alpha value is -1.94. The van der Waals surface area contributed by atoms with Crippen LogP contribution in [0.4, 0.5) is 0 Å². The number of carbonyl (C=O) groups is 1. The highest BCUT2D eigenvalue weighted by atomic mass is 35.5. The number of nitrogens with zero attached hydrogens (tertiary/aromatic N) is 3. The molecule has 1 amide bonds. The molecule has 0 aliphatic carbocycles. The zero-order valence-electron chi connectivity index (χ0n) is 14.6. The van der Waals surface area contributed by atoms with E-state index in [1.165, 1.54) is 0 Å². The van der Waals surface area contributed by atoms with Gasteiger partial charge in [0.2, 0.25) is 0 Å². The third kappa shape index (κ3) is 4.01. The number of hydrogen-bond acceptors (Lipinski definition) is 7. The van der Waals surface area contributed by atoms with Gasteiger partial charge in [0.25, 0.3) is 11.0 Å². The summed E-state index contributed by atoms with van der Waals surface area (Å²) in [5, 5.41) is 9.78. The molecule has 4 rings (SSSR count). The molecule has 3 aliphatic rings. The maximum Gasteiger partial charge on any atom is 0.294 e. The second kappa shape index (κ2) is 8.39. The molecular weight excluding hydrogens is 378 g/mol. The van der Waals surface area contributed by atoms with E-state index in [4.69, 9.17) is 9.47 Å². The summed E-state index contributed by atoms with van der Waals surface area (Å²) in [6.07, 6.45) is -1.30. The van der Waals surface area contributed by atoms with E-state index in [0.29, 0.717) is 25.3 Å². The fraction of sp³-hybridized carbons (Fsp3) is 0.588. The lowest BCUT2D eigenvalue weighted by Crippen LogP contribution is -2.55. The molecule has 0 unspecified atom stereocenters. The molecule has 27 heavy (non-hydrogen) atoms. The largest absolute Gasteiger partial charge is 0.371 e. The normalized spacial score (nSPS) is 30.4. The van der Waals surface area contributed by atoms with E-state index in [9.17, 15) is 14.9 Å². The first-order valence-electron chi connectivity index (χ1n) is 8.76. The Bertz CT molecular complexity index is 670. The number of amides is 1. The van der Waals surface area contributed by atoms with Crippen molar-refractivity contribution in [2.24, 2.45) is 0 Å². The molecule has 0 N–H and O–H groups in total. The summed E-state index contributed by atoms with van der Waals surface area (Å²) in [6.45, 7) is 3.34. The molecule has 148 valence electrons. The Kier molecular flexibility index (Phi) is 6.15. The van der Waals surface area contributed by atoms with Crippen LogP contribution in [-0.4, -0.2) is 84.5 Å². The van der Waals surface area contributed by atoms with Crippen LogP contribution in [-0.2, 0) is 14.3 Å². The first-order chi connectivity index (χ1) is 12.6. The predicted octanol–water partition coefficient (Wildman–Crippen LogP) is 0.609. The van der Waals surface area contributed by atoms with Gasteiger partial charge in [-0.3, -0.25) is 9.69 Å². The van der Waals surface area contributed by atoms with Gasteiger partial charge in [0.15, 0.2) is 6.10 Å². The van der Waals surface area contributed by atoms with Gasteiger partial charge in [-0.2, -0.15) is 0 Å². The van der Waals surface area contributed by atoms with E-state index in [1.807, 2.05) is 35.2 Å². The van der Waals surface area contributed by atoms with Crippen LogP contribution in [0.15, 0.2) is 30.3 Å². The summed E-state index contributed by atoms with van der Waals surface area (Å²) in [4.78, 5) is 31.9. The van der Waals surface area contributed by atoms with Crippen molar-refractivity contribution in [3.63, 3.8) is 0 Å². The molecule has 10 heteroatoms. The number of rotatable bonds is 4. The smallest absolute Gasteiger partial charge is 0.294 e. The lowest BCUT2D eigenvalue weighted by molar-refractivity contribution is -0.769. The zero-order valence-corrected chi connectivity index (χ0v) is 15.5. The summed E-state index contributed by atoms with van der Waals surface area (Å²) in [5.41, 5.74) is 0.698. The molecule has 0 radical (unpaired) electrons. The Morgan fingerprint density at radius 1 is 1.07 bits per heavy atom. The van der Waals surface area contributed by atoms with Crippen molar-refractivity contribution < 1.29 is 24.2 Å². The van der Waals surface area contributed by atoms with E-state index in [1.54, 1.807) is 0 Å². The van der Waals surface area contributed by atoms with Crippen molar-refractivity contribution in [3.8, 4) is 0 Å². The van der Waals surface area contributed by atoms with Gasteiger partial charge in [-0.05, 0) is 12.1 Å². The molecular formula is C17H22ClN3O6. The number of benzene rings is 1. The second-order valence-corrected chi connectivity index (χ2v) is 6.72. The number of halogens is 1. The maximum atomic E-state index is 12.5. The zero-order chi connectivity index (χ0) is 18.1. The SMILES string of the molecule is Cl.O=C(c1ccccc1)N1CCN([C@H]2CO[C@H]3[C@@H]2OC[C@@H]3O[N+](=O)[O-])CC1. The molecule has 1 aromatic carbocycles. The molecule has 9 nitrogen and oxygen atoms in total. The Morgan fingerprint density at radius 3 is 2.41 bits per heavy atom. The average molecular weight is 400 g/mol. The van der Waals surface area contributed by atoms with Crippen molar-refractivity contribution in [1.82, 2.24) is 9.80 Å². The quantitative estimate of drug-likeness (QED) is 0.540. The predicted molar refractivity (Wildman–Crippen MR) is 96.3 cm³/mol. The molecule has 0 spiro atoms. The third-order valence-electron chi connectivity index (χ3n) is 5.29. The number of fused-ring (bicyclic) bond motifs is 1. The van der Waals surface area contributed by atoms with Crippen molar-refractivity contribution >= 4 is 18.3 Å². The molecule has 1 aromatic rings. The summed E-state index contributed by atoms with van der Waals surface area (Å²) >= 11 is 0. The van der Waals surface area contributed by atoms with Gasteiger partial charge in [0, 0.05) is 31.7 Å². The molecule has 0 aromatic heterocycles. The first-order valence-corrected chi connectivity index (χ1v) is 8.76. The van der Waals surface area contributed by atoms with Crippen LogP contribution in [0.3, 0.4) is 0 Å². The monoisotopic (exact) mass is 399 g/mol. The highest BCUT2D eigenvalue weighted by Crippen LogP contribution is 2.32. The van der Waals surface area contributed by atoms with Crippen LogP contribution in [0.25, 0.3) is 0 Å². The van der Waals surface area contributed by atoms with E-state index in [0.717, 1.165) is 13.1 Å². The molecule has 4 atom stereocenters. The Labute approximate surface area is 162 Å². The number of ether oxygens (including phenoxy) is 2. The van der Waals surface area contributed by atoms with E-state index in [2.05, 4.69) is 9.74 Å². The minimum Gasteiger partial charge on any atom is -0.371 e. The van der Waals surface area contributed by atoms with Crippen LogP contribution in [0.5, 0.6) is 0 Å². The highest BCUT2D eigenvalue weighted by molar-refractivity contribution is 5.94. The summed E-state index contributed by atoms with van der Waals surface area (Å²) in [7, 11) is 0. The van der Waals surface area contributed by atoms with Crippen LogP contribution < -0.4 is 0 Å². The maximum absolute atomic E-state index is 12.5. The fourth-order valence-electron chi connectivity index (χ4n) is 3.98. The van der Waals surface area contributed by atoms with Crippen LogP contribution >= 0.6 is 12.4 Å². The summed E-state index contributed by atoms with van der Waals surface area (Å²) < 4.78 is 11.4. The van der Waals surface area contributed by atoms with Crippen molar-refractivity contribution in [2.45, 2.75) is 24.4 Å². The number of piperazine rings is 1. The topological polar surface area (TPSA) is 94.4 Å². The third-order valence-corrected chi connectivity index (χ3v) is 5.29. The molecule has 3 aliphatic heterocycles. The van der Waals surface area contributed by atoms with Crippen LogP contribution in [0, 0.1) is 10.1 Å². The fourth-order valence-corrected chi connectivity index (χ4v) is 3.98. The Morgan fingerprint density at radius 2 is 1.74 bits per heavy atom. The van der Waals surface area contributed by atoms with Crippen LogP contribution in [0.2, 0.25) is 0 Å². The van der Waals surface area contributed by atoms with Gasteiger partial charge in [-0.25, -0.2) is 0 Å². The highest BCUT2D eigenvalue weighted by Gasteiger charge is 2.51. The standard InChI is InChI=1S/C17H21N3O6.ClH/c21-17(12-4-2-1-3-5-12)19-8-6-18(7-9-19)13-10-24-16-14(26-20(22)23)11-25-15(13)16;/h1-5,13-16H,6-11H2;1H/t13-,14-,15+,16+;/m0./s1. The van der Waals surface area contributed by atoms with Gasteiger partial charge in [0.1, 0.15) is 12.2 Å². The molecule has 3 saturated heterocycles. The minimum atomic E-state index is -0.791. The van der Waals surface area contributed by atoms with Crippen LogP contribution in [0.1, 0.15) is 10.4 Å².